The summed E-state index contributed by atoms with van der Waals surface area (Å²) in [6.07, 6.45) is 3.10. The van der Waals surface area contributed by atoms with Gasteiger partial charge in [-0.1, -0.05) is 6.92 Å². The number of anilines is 1. The lowest BCUT2D eigenvalue weighted by molar-refractivity contribution is 0.433. The van der Waals surface area contributed by atoms with Crippen LogP contribution in [0.1, 0.15) is 32.5 Å². The van der Waals surface area contributed by atoms with Gasteiger partial charge < -0.3 is 15.2 Å². The summed E-state index contributed by atoms with van der Waals surface area (Å²) in [5.74, 6) is 1.58. The monoisotopic (exact) mass is 250 g/mol. The summed E-state index contributed by atoms with van der Waals surface area (Å²) >= 11 is 0. The third-order valence-corrected chi connectivity index (χ3v) is 3.46. The molecule has 0 aromatic carbocycles. The van der Waals surface area contributed by atoms with Crippen LogP contribution in [0.15, 0.2) is 10.9 Å². The lowest BCUT2D eigenvalue weighted by Gasteiger charge is -2.34. The zero-order valence-electron chi connectivity index (χ0n) is 11.2. The van der Waals surface area contributed by atoms with Gasteiger partial charge in [0.15, 0.2) is 0 Å². The van der Waals surface area contributed by atoms with E-state index in [0.717, 1.165) is 44.1 Å². The lowest BCUT2D eigenvalue weighted by atomic mass is 10.1. The number of rotatable bonds is 4. The first-order valence-corrected chi connectivity index (χ1v) is 6.82. The minimum absolute atomic E-state index is 0.0564. The molecule has 5 nitrogen and oxygen atoms in total. The molecule has 1 fully saturated rings. The molecule has 1 aromatic rings. The highest BCUT2D eigenvalue weighted by atomic mass is 16.1. The average Bonchev–Trinajstić information content (AvgIpc) is 2.40. The molecule has 100 valence electrons. The highest BCUT2D eigenvalue weighted by molar-refractivity contribution is 5.39. The molecule has 0 bridgehead atoms. The second kappa shape index (κ2) is 6.00. The normalized spacial score (nSPS) is 19.8. The van der Waals surface area contributed by atoms with E-state index in [-0.39, 0.29) is 5.56 Å². The van der Waals surface area contributed by atoms with Gasteiger partial charge in [0, 0.05) is 31.6 Å². The number of aromatic amines is 1. The van der Waals surface area contributed by atoms with E-state index < -0.39 is 0 Å². The van der Waals surface area contributed by atoms with Crippen molar-refractivity contribution in [1.29, 1.82) is 0 Å². The van der Waals surface area contributed by atoms with Crippen LogP contribution in [-0.2, 0) is 6.42 Å². The van der Waals surface area contributed by atoms with Crippen LogP contribution >= 0.6 is 0 Å². The van der Waals surface area contributed by atoms with Crippen LogP contribution in [0.5, 0.6) is 0 Å². The van der Waals surface area contributed by atoms with Crippen LogP contribution in [0.4, 0.5) is 5.82 Å². The number of H-pyrrole nitrogens is 1. The van der Waals surface area contributed by atoms with Crippen molar-refractivity contribution in [3.8, 4) is 0 Å². The molecule has 0 radical (unpaired) electrons. The van der Waals surface area contributed by atoms with E-state index in [1.165, 1.54) is 6.42 Å². The minimum atomic E-state index is -0.0564. The second-order valence-electron chi connectivity index (χ2n) is 4.69. The maximum absolute atomic E-state index is 11.6. The fourth-order valence-corrected chi connectivity index (χ4v) is 2.52. The third kappa shape index (κ3) is 2.90. The van der Waals surface area contributed by atoms with E-state index in [0.29, 0.717) is 6.04 Å². The molecule has 2 rings (SSSR count). The van der Waals surface area contributed by atoms with Crippen molar-refractivity contribution >= 4 is 5.82 Å². The van der Waals surface area contributed by atoms with Gasteiger partial charge in [0.1, 0.15) is 11.6 Å². The Bertz CT molecular complexity index is 437. The molecule has 1 aliphatic rings. The van der Waals surface area contributed by atoms with Crippen molar-refractivity contribution < 1.29 is 0 Å². The topological polar surface area (TPSA) is 61.0 Å². The Balaban J connectivity index is 2.25. The Labute approximate surface area is 108 Å². The highest BCUT2D eigenvalue weighted by Crippen LogP contribution is 2.17. The van der Waals surface area contributed by atoms with Gasteiger partial charge in [-0.15, -0.1) is 0 Å². The molecule has 1 saturated heterocycles. The summed E-state index contributed by atoms with van der Waals surface area (Å²) in [5.41, 5.74) is -0.0564. The molecule has 1 aromatic heterocycles. The molecule has 0 amide bonds. The van der Waals surface area contributed by atoms with Crippen molar-refractivity contribution in [2.75, 3.05) is 24.5 Å². The van der Waals surface area contributed by atoms with E-state index in [2.05, 4.69) is 27.1 Å². The van der Waals surface area contributed by atoms with Crippen LogP contribution in [0.25, 0.3) is 0 Å². The van der Waals surface area contributed by atoms with Gasteiger partial charge in [-0.05, 0) is 26.3 Å². The fourth-order valence-electron chi connectivity index (χ4n) is 2.52. The van der Waals surface area contributed by atoms with E-state index in [4.69, 9.17) is 0 Å². The Morgan fingerprint density at radius 3 is 2.94 bits per heavy atom. The molecular formula is C13H22N4O. The molecule has 2 heterocycles. The average molecular weight is 250 g/mol. The fraction of sp³-hybridized carbons (Fsp3) is 0.692. The molecule has 1 aliphatic heterocycles. The summed E-state index contributed by atoms with van der Waals surface area (Å²) in [6, 6.07) is 2.06. The third-order valence-electron chi connectivity index (χ3n) is 3.46. The van der Waals surface area contributed by atoms with Crippen molar-refractivity contribution in [2.24, 2.45) is 0 Å². The smallest absolute Gasteiger partial charge is 0.252 e. The Hall–Kier alpha value is -1.36. The Kier molecular flexibility index (Phi) is 4.36. The van der Waals surface area contributed by atoms with Gasteiger partial charge >= 0.3 is 0 Å². The van der Waals surface area contributed by atoms with Crippen LogP contribution in [0.2, 0.25) is 0 Å². The largest absolute Gasteiger partial charge is 0.352 e. The first-order valence-electron chi connectivity index (χ1n) is 6.82. The van der Waals surface area contributed by atoms with Gasteiger partial charge in [0.05, 0.1) is 0 Å². The van der Waals surface area contributed by atoms with Crippen LogP contribution < -0.4 is 15.8 Å². The molecule has 5 heteroatoms. The van der Waals surface area contributed by atoms with E-state index in [1.807, 2.05) is 6.92 Å². The summed E-state index contributed by atoms with van der Waals surface area (Å²) in [6.45, 7) is 7.07. The number of hydrogen-bond acceptors (Lipinski definition) is 4. The number of likely N-dealkylation sites (N-methyl/N-ethyl adjacent to an activating group) is 1. The zero-order valence-corrected chi connectivity index (χ0v) is 11.2. The van der Waals surface area contributed by atoms with E-state index in [1.54, 1.807) is 6.07 Å². The van der Waals surface area contributed by atoms with Crippen LogP contribution in [0, 0.1) is 0 Å². The number of nitrogens with one attached hydrogen (secondary N) is 2. The summed E-state index contributed by atoms with van der Waals surface area (Å²) in [5, 5.41) is 3.41. The summed E-state index contributed by atoms with van der Waals surface area (Å²) in [4.78, 5) is 21.2. The standard InChI is InChI=1S/C13H22N4O/c1-3-11-15-12(8-13(18)16-11)17(4-2)10-6-5-7-14-9-10/h8,10,14H,3-7,9H2,1-2H3,(H,15,16,18). The van der Waals surface area contributed by atoms with Crippen molar-refractivity contribution in [1.82, 2.24) is 15.3 Å². The molecule has 1 unspecified atom stereocenters. The first kappa shape index (κ1) is 13.1. The molecular weight excluding hydrogens is 228 g/mol. The number of hydrogen-bond donors (Lipinski definition) is 2. The molecule has 0 aliphatic carbocycles. The highest BCUT2D eigenvalue weighted by Gasteiger charge is 2.21. The van der Waals surface area contributed by atoms with Gasteiger partial charge in [-0.25, -0.2) is 4.98 Å². The Morgan fingerprint density at radius 1 is 1.50 bits per heavy atom. The predicted octanol–water partition coefficient (Wildman–Crippen LogP) is 0.911. The van der Waals surface area contributed by atoms with Crippen molar-refractivity contribution in [3.63, 3.8) is 0 Å². The second-order valence-corrected chi connectivity index (χ2v) is 4.69. The van der Waals surface area contributed by atoms with Gasteiger partial charge in [-0.3, -0.25) is 4.79 Å². The van der Waals surface area contributed by atoms with Gasteiger partial charge in [0.2, 0.25) is 0 Å². The van der Waals surface area contributed by atoms with Crippen molar-refractivity contribution in [3.05, 3.63) is 22.2 Å². The molecule has 2 N–H and O–H groups in total. The lowest BCUT2D eigenvalue weighted by Crippen LogP contribution is -2.46. The van der Waals surface area contributed by atoms with Crippen molar-refractivity contribution in [2.45, 2.75) is 39.2 Å². The quantitative estimate of drug-likeness (QED) is 0.834. The molecule has 1 atom stereocenters. The molecule has 0 saturated carbocycles. The maximum atomic E-state index is 11.6. The summed E-state index contributed by atoms with van der Waals surface area (Å²) < 4.78 is 0. The minimum Gasteiger partial charge on any atom is -0.352 e. The number of piperidine rings is 1. The van der Waals surface area contributed by atoms with Gasteiger partial charge in [0.25, 0.3) is 5.56 Å². The number of aryl methyl sites for hydroxylation is 1. The predicted molar refractivity (Wildman–Crippen MR) is 73.1 cm³/mol. The summed E-state index contributed by atoms with van der Waals surface area (Å²) in [7, 11) is 0. The van der Waals surface area contributed by atoms with Gasteiger partial charge in [-0.2, -0.15) is 0 Å². The Morgan fingerprint density at radius 2 is 2.33 bits per heavy atom. The molecule has 18 heavy (non-hydrogen) atoms. The van der Waals surface area contributed by atoms with E-state index >= 15 is 0 Å². The molecule has 0 spiro atoms. The zero-order chi connectivity index (χ0) is 13.0. The first-order chi connectivity index (χ1) is 8.74. The van der Waals surface area contributed by atoms with E-state index in [9.17, 15) is 4.79 Å². The SMILES string of the molecule is CCc1nc(N(CC)C2CCCNC2)cc(=O)[nH]1. The number of nitrogens with zero attached hydrogens (tertiary/aromatic N) is 2. The number of aromatic nitrogens is 2. The van der Waals surface area contributed by atoms with Crippen LogP contribution in [-0.4, -0.2) is 35.6 Å². The van der Waals surface area contributed by atoms with Crippen LogP contribution in [0.3, 0.4) is 0 Å². The maximum Gasteiger partial charge on any atom is 0.252 e.